The van der Waals surface area contributed by atoms with Crippen LogP contribution < -0.4 is 0 Å². The topological polar surface area (TPSA) is 3.24 Å². The van der Waals surface area contributed by atoms with Crippen molar-refractivity contribution < 1.29 is 0 Å². The molecule has 0 aliphatic heterocycles. The molecule has 10 heavy (non-hydrogen) atoms. The molecule has 0 atom stereocenters. The van der Waals surface area contributed by atoms with Crippen molar-refractivity contribution in [2.45, 2.75) is 39.3 Å². The van der Waals surface area contributed by atoms with Gasteiger partial charge in [0.25, 0.3) is 0 Å². The molecular formula is C6H18NSi3. The molecule has 0 aromatic carbocycles. The van der Waals surface area contributed by atoms with E-state index in [4.69, 9.17) is 0 Å². The molecule has 0 saturated carbocycles. The molecule has 0 aromatic heterocycles. The minimum Gasteiger partial charge on any atom is -0.372 e. The fourth-order valence-electron chi connectivity index (χ4n) is 1.01. The number of hydrogen-bond donors (Lipinski definition) is 0. The molecule has 0 aliphatic carbocycles. The van der Waals surface area contributed by atoms with Crippen LogP contribution in [0.25, 0.3) is 0 Å². The summed E-state index contributed by atoms with van der Waals surface area (Å²) in [6, 6.07) is 0. The van der Waals surface area contributed by atoms with E-state index < -0.39 is 16.5 Å². The Bertz CT molecular complexity index is 97.1. The first-order valence-corrected chi connectivity index (χ1v) is 11.0. The summed E-state index contributed by atoms with van der Waals surface area (Å²) in [6.45, 7) is 14.2. The highest BCUT2D eigenvalue weighted by Crippen LogP contribution is 2.15. The van der Waals surface area contributed by atoms with E-state index in [2.05, 4.69) is 53.6 Å². The summed E-state index contributed by atoms with van der Waals surface area (Å²) >= 11 is 0. The van der Waals surface area contributed by atoms with Crippen LogP contribution in [0.3, 0.4) is 0 Å². The zero-order valence-corrected chi connectivity index (χ0v) is 10.9. The lowest BCUT2D eigenvalue weighted by Crippen LogP contribution is -2.57. The van der Waals surface area contributed by atoms with E-state index in [1.807, 2.05) is 0 Å². The van der Waals surface area contributed by atoms with Gasteiger partial charge in [0.05, 0.1) is 0 Å². The van der Waals surface area contributed by atoms with Crippen LogP contribution in [-0.2, 0) is 0 Å². The third-order valence-corrected chi connectivity index (χ3v) is 12.1. The Morgan fingerprint density at radius 3 is 1.00 bits per heavy atom. The Balaban J connectivity index is 4.23. The molecule has 0 bridgehead atoms. The Kier molecular flexibility index (Phi) is 3.10. The number of rotatable bonds is 2. The van der Waals surface area contributed by atoms with Crippen molar-refractivity contribution in [2.24, 2.45) is 0 Å². The van der Waals surface area contributed by atoms with Crippen molar-refractivity contribution in [3.8, 4) is 0 Å². The van der Waals surface area contributed by atoms with Crippen LogP contribution in [0, 0.1) is 0 Å². The molecule has 59 valence electrons. The van der Waals surface area contributed by atoms with Gasteiger partial charge >= 0.3 is 0 Å². The van der Waals surface area contributed by atoms with Crippen LogP contribution >= 0.6 is 0 Å². The third-order valence-electron chi connectivity index (χ3n) is 1.34. The van der Waals surface area contributed by atoms with Gasteiger partial charge in [0.2, 0.25) is 0 Å². The van der Waals surface area contributed by atoms with Gasteiger partial charge < -0.3 is 3.90 Å². The van der Waals surface area contributed by atoms with E-state index in [0.29, 0.717) is 0 Å². The van der Waals surface area contributed by atoms with Gasteiger partial charge in [0.1, 0.15) is 26.9 Å². The summed E-state index contributed by atoms with van der Waals surface area (Å²) < 4.78 is 2.46. The lowest BCUT2D eigenvalue weighted by molar-refractivity contribution is 0.974. The molecule has 3 radical (unpaired) electrons. The molecule has 0 aromatic rings. The van der Waals surface area contributed by atoms with Crippen molar-refractivity contribution in [3.63, 3.8) is 0 Å². The second-order valence-electron chi connectivity index (χ2n) is 4.68. The smallest absolute Gasteiger partial charge is 0.127 e. The highest BCUT2D eigenvalue weighted by atomic mass is 28.4. The molecule has 0 amide bonds. The maximum absolute atomic E-state index is 3.73. The second-order valence-corrected chi connectivity index (χ2v) is 16.0. The SMILES string of the molecule is C[Si](C)(C)N([Si])[Si](C)(C)C. The zero-order chi connectivity index (χ0) is 8.58. The van der Waals surface area contributed by atoms with Gasteiger partial charge in [-0.15, -0.1) is 0 Å². The normalized spacial score (nSPS) is 14.4. The first kappa shape index (κ1) is 10.6. The summed E-state index contributed by atoms with van der Waals surface area (Å²) in [7, 11) is 1.55. The largest absolute Gasteiger partial charge is 0.372 e. The van der Waals surface area contributed by atoms with Crippen molar-refractivity contribution in [3.05, 3.63) is 0 Å². The molecule has 0 rings (SSSR count). The molecule has 0 N–H and O–H groups in total. The monoisotopic (exact) mass is 188 g/mol. The Hall–Kier alpha value is 0.611. The van der Waals surface area contributed by atoms with Crippen LogP contribution in [0.4, 0.5) is 0 Å². The van der Waals surface area contributed by atoms with Crippen LogP contribution in [0.2, 0.25) is 39.3 Å². The van der Waals surface area contributed by atoms with Crippen molar-refractivity contribution >= 4 is 26.9 Å². The molecule has 0 aliphatic rings. The summed E-state index contributed by atoms with van der Waals surface area (Å²) in [5.41, 5.74) is 0. The van der Waals surface area contributed by atoms with E-state index in [9.17, 15) is 0 Å². The van der Waals surface area contributed by atoms with Gasteiger partial charge in [-0.2, -0.15) is 0 Å². The van der Waals surface area contributed by atoms with Gasteiger partial charge in [0.15, 0.2) is 0 Å². The first-order valence-electron chi connectivity index (χ1n) is 3.67. The average Bonchev–Trinajstić information content (AvgIpc) is 1.59. The summed E-state index contributed by atoms with van der Waals surface area (Å²) in [5, 5.41) is 0. The minimum absolute atomic E-state index is 1.09. The Morgan fingerprint density at radius 1 is 0.800 bits per heavy atom. The molecule has 0 heterocycles. The van der Waals surface area contributed by atoms with Crippen LogP contribution in [0.15, 0.2) is 0 Å². The van der Waals surface area contributed by atoms with Crippen LogP contribution in [0.1, 0.15) is 0 Å². The van der Waals surface area contributed by atoms with E-state index in [0.717, 1.165) is 0 Å². The predicted molar refractivity (Wildman–Crippen MR) is 54.3 cm³/mol. The van der Waals surface area contributed by atoms with E-state index in [1.54, 1.807) is 0 Å². The standard InChI is InChI=1S/C6H18NSi3/c1-9(2,3)7(8)10(4,5)6/h1-6H3. The maximum Gasteiger partial charge on any atom is 0.127 e. The fourth-order valence-corrected chi connectivity index (χ4v) is 9.06. The van der Waals surface area contributed by atoms with E-state index in [-0.39, 0.29) is 0 Å². The van der Waals surface area contributed by atoms with Crippen molar-refractivity contribution in [2.75, 3.05) is 0 Å². The van der Waals surface area contributed by atoms with Gasteiger partial charge in [-0.05, 0) is 0 Å². The zero-order valence-electron chi connectivity index (χ0n) is 7.95. The van der Waals surface area contributed by atoms with Gasteiger partial charge in [0, 0.05) is 0 Å². The van der Waals surface area contributed by atoms with Crippen molar-refractivity contribution in [1.29, 1.82) is 0 Å². The average molecular weight is 188 g/mol. The molecule has 0 saturated heterocycles. The minimum atomic E-state index is -1.09. The summed E-state index contributed by atoms with van der Waals surface area (Å²) in [4.78, 5) is 0. The summed E-state index contributed by atoms with van der Waals surface area (Å²) in [5.74, 6) is 0. The van der Waals surface area contributed by atoms with Gasteiger partial charge in [-0.3, -0.25) is 0 Å². The second kappa shape index (κ2) is 2.92. The van der Waals surface area contributed by atoms with Crippen molar-refractivity contribution in [1.82, 2.24) is 3.90 Å². The third kappa shape index (κ3) is 3.14. The Morgan fingerprint density at radius 2 is 1.00 bits per heavy atom. The molecular weight excluding hydrogens is 170 g/mol. The first-order chi connectivity index (χ1) is 4.15. The highest BCUT2D eigenvalue weighted by molar-refractivity contribution is 6.94. The molecule has 4 heteroatoms. The van der Waals surface area contributed by atoms with E-state index in [1.165, 1.54) is 0 Å². The maximum atomic E-state index is 3.73. The lowest BCUT2D eigenvalue weighted by atomic mass is 11.8. The molecule has 1 nitrogen and oxygen atoms in total. The highest BCUT2D eigenvalue weighted by Gasteiger charge is 2.30. The lowest BCUT2D eigenvalue weighted by Gasteiger charge is -2.40. The van der Waals surface area contributed by atoms with Crippen LogP contribution in [0.5, 0.6) is 0 Å². The molecule has 0 spiro atoms. The van der Waals surface area contributed by atoms with Crippen LogP contribution in [-0.4, -0.2) is 30.8 Å². The Labute approximate surface area is 70.5 Å². The molecule has 0 fully saturated rings. The number of nitrogens with zero attached hydrogens (tertiary/aromatic N) is 1. The molecule has 0 unspecified atom stereocenters. The predicted octanol–water partition coefficient (Wildman–Crippen LogP) is 2.04. The fraction of sp³-hybridized carbons (Fsp3) is 1.00. The quantitative estimate of drug-likeness (QED) is 0.600. The number of hydrogen-bond acceptors (Lipinski definition) is 1. The summed E-state index contributed by atoms with van der Waals surface area (Å²) in [6.07, 6.45) is 0. The van der Waals surface area contributed by atoms with E-state index >= 15 is 0 Å². The van der Waals surface area contributed by atoms with Gasteiger partial charge in [-0.1, -0.05) is 39.3 Å². The van der Waals surface area contributed by atoms with Gasteiger partial charge in [-0.25, -0.2) is 0 Å².